The highest BCUT2D eigenvalue weighted by Gasteiger charge is 2.34. The van der Waals surface area contributed by atoms with Gasteiger partial charge in [0.15, 0.2) is 0 Å². The summed E-state index contributed by atoms with van der Waals surface area (Å²) in [5, 5.41) is 3.35. The zero-order valence-corrected chi connectivity index (χ0v) is 13.4. The number of hydrogen-bond donors (Lipinski definition) is 2. The second kappa shape index (κ2) is 6.11. The number of benzene rings is 2. The van der Waals surface area contributed by atoms with Crippen molar-refractivity contribution < 1.29 is 18.4 Å². The Morgan fingerprint density at radius 1 is 1.00 bits per heavy atom. The Labute approximate surface area is 146 Å². The van der Waals surface area contributed by atoms with Crippen LogP contribution in [-0.4, -0.2) is 21.8 Å². The number of aromatic nitrogens is 1. The molecule has 7 heteroatoms. The number of rotatable bonds is 3. The van der Waals surface area contributed by atoms with Crippen LogP contribution in [0, 0.1) is 11.6 Å². The van der Waals surface area contributed by atoms with Crippen LogP contribution in [0.5, 0.6) is 0 Å². The topological polar surface area (TPSA) is 65.2 Å². The molecule has 2 heterocycles. The van der Waals surface area contributed by atoms with Crippen molar-refractivity contribution in [1.29, 1.82) is 0 Å². The van der Waals surface area contributed by atoms with E-state index in [2.05, 4.69) is 10.3 Å². The molecule has 0 aliphatic carbocycles. The van der Waals surface area contributed by atoms with Gasteiger partial charge in [0, 0.05) is 28.2 Å². The summed E-state index contributed by atoms with van der Waals surface area (Å²) >= 11 is 0. The number of nitrogens with zero attached hydrogens (tertiary/aromatic N) is 1. The van der Waals surface area contributed by atoms with Crippen molar-refractivity contribution in [2.24, 2.45) is 0 Å². The average molecular weight is 353 g/mol. The molecule has 0 saturated carbocycles. The fourth-order valence-corrected chi connectivity index (χ4v) is 2.93. The van der Waals surface area contributed by atoms with E-state index < -0.39 is 30.1 Å². The number of H-pyrrole nitrogens is 1. The lowest BCUT2D eigenvalue weighted by atomic mass is 10.1. The predicted octanol–water partition coefficient (Wildman–Crippen LogP) is 3.54. The van der Waals surface area contributed by atoms with Gasteiger partial charge < -0.3 is 10.3 Å². The first-order chi connectivity index (χ1) is 12.5. The molecule has 0 radical (unpaired) electrons. The summed E-state index contributed by atoms with van der Waals surface area (Å²) in [5.74, 6) is -2.25. The van der Waals surface area contributed by atoms with Crippen LogP contribution in [0.1, 0.15) is 11.1 Å². The molecule has 3 aromatic rings. The number of carbonyl (C=O) groups is 2. The molecular weight excluding hydrogens is 340 g/mol. The third kappa shape index (κ3) is 2.63. The molecule has 0 spiro atoms. The van der Waals surface area contributed by atoms with Crippen LogP contribution < -0.4 is 5.32 Å². The Balaban J connectivity index is 1.65. The van der Waals surface area contributed by atoms with Crippen molar-refractivity contribution in [1.82, 2.24) is 15.2 Å². The standard InChI is InChI=1S/C19H13F2N3O2/c20-14-5-3-6-15(21)13(14)10-24-18(25)17(23-19(24)26)8-11-9-22-16-7-2-1-4-12(11)16/h1-9,22H,10H2,(H,23,26)/b17-8+. The Morgan fingerprint density at radius 3 is 2.50 bits per heavy atom. The third-order valence-corrected chi connectivity index (χ3v) is 4.26. The van der Waals surface area contributed by atoms with Crippen LogP contribution in [0.15, 0.2) is 54.4 Å². The Morgan fingerprint density at radius 2 is 1.73 bits per heavy atom. The van der Waals surface area contributed by atoms with Gasteiger partial charge >= 0.3 is 6.03 Å². The first-order valence-corrected chi connectivity index (χ1v) is 7.88. The Kier molecular flexibility index (Phi) is 3.76. The van der Waals surface area contributed by atoms with Crippen LogP contribution >= 0.6 is 0 Å². The zero-order valence-electron chi connectivity index (χ0n) is 13.4. The van der Waals surface area contributed by atoms with Crippen LogP contribution in [0.2, 0.25) is 0 Å². The second-order valence-electron chi connectivity index (χ2n) is 5.87. The highest BCUT2D eigenvalue weighted by atomic mass is 19.1. The number of nitrogens with one attached hydrogen (secondary N) is 2. The average Bonchev–Trinajstić information content (AvgIpc) is 3.14. The minimum Gasteiger partial charge on any atom is -0.361 e. The number of urea groups is 1. The van der Waals surface area contributed by atoms with Gasteiger partial charge in [-0.05, 0) is 24.3 Å². The minimum absolute atomic E-state index is 0.0523. The van der Waals surface area contributed by atoms with Crippen molar-refractivity contribution in [2.45, 2.75) is 6.54 Å². The molecule has 1 aliphatic heterocycles. The molecule has 1 saturated heterocycles. The highest BCUT2D eigenvalue weighted by molar-refractivity contribution is 6.14. The quantitative estimate of drug-likeness (QED) is 0.559. The maximum atomic E-state index is 13.8. The van der Waals surface area contributed by atoms with Gasteiger partial charge in [0.25, 0.3) is 5.91 Å². The molecule has 130 valence electrons. The van der Waals surface area contributed by atoms with Gasteiger partial charge in [-0.3, -0.25) is 9.69 Å². The van der Waals surface area contributed by atoms with Crippen LogP contribution in [-0.2, 0) is 11.3 Å². The predicted molar refractivity (Wildman–Crippen MR) is 91.7 cm³/mol. The Bertz CT molecular complexity index is 1050. The maximum absolute atomic E-state index is 13.8. The van der Waals surface area contributed by atoms with Gasteiger partial charge in [-0.1, -0.05) is 24.3 Å². The number of hydrogen-bond acceptors (Lipinski definition) is 2. The first kappa shape index (κ1) is 16.0. The normalized spacial score (nSPS) is 15.9. The third-order valence-electron chi connectivity index (χ3n) is 4.26. The number of para-hydroxylation sites is 1. The number of aromatic amines is 1. The first-order valence-electron chi connectivity index (χ1n) is 7.88. The van der Waals surface area contributed by atoms with E-state index in [1.54, 1.807) is 6.20 Å². The summed E-state index contributed by atoms with van der Waals surface area (Å²) in [6.45, 7) is -0.478. The molecule has 26 heavy (non-hydrogen) atoms. The lowest BCUT2D eigenvalue weighted by Crippen LogP contribution is -2.31. The molecule has 1 aliphatic rings. The molecule has 0 bridgehead atoms. The molecule has 1 aromatic heterocycles. The van der Waals surface area contributed by atoms with E-state index in [1.807, 2.05) is 24.3 Å². The van der Waals surface area contributed by atoms with E-state index in [0.717, 1.165) is 33.5 Å². The lowest BCUT2D eigenvalue weighted by molar-refractivity contribution is -0.123. The zero-order chi connectivity index (χ0) is 18.3. The molecular formula is C19H13F2N3O2. The number of carbonyl (C=O) groups excluding carboxylic acids is 2. The second-order valence-corrected chi connectivity index (χ2v) is 5.87. The molecule has 0 atom stereocenters. The summed E-state index contributed by atoms with van der Waals surface area (Å²) in [6, 6.07) is 10.2. The van der Waals surface area contributed by atoms with Gasteiger partial charge in [0.05, 0.1) is 6.54 Å². The van der Waals surface area contributed by atoms with Gasteiger partial charge in [-0.2, -0.15) is 0 Å². The van der Waals surface area contributed by atoms with Gasteiger partial charge in [0.2, 0.25) is 0 Å². The highest BCUT2D eigenvalue weighted by Crippen LogP contribution is 2.23. The molecule has 1 fully saturated rings. The summed E-state index contributed by atoms with van der Waals surface area (Å²) in [7, 11) is 0. The number of amides is 3. The van der Waals surface area contributed by atoms with E-state index >= 15 is 0 Å². The van der Waals surface area contributed by atoms with E-state index in [9.17, 15) is 18.4 Å². The van der Waals surface area contributed by atoms with Crippen LogP contribution in [0.25, 0.3) is 17.0 Å². The van der Waals surface area contributed by atoms with Crippen LogP contribution in [0.3, 0.4) is 0 Å². The minimum atomic E-state index is -0.806. The van der Waals surface area contributed by atoms with E-state index in [0.29, 0.717) is 0 Å². The van der Waals surface area contributed by atoms with Crippen LogP contribution in [0.4, 0.5) is 13.6 Å². The van der Waals surface area contributed by atoms with Gasteiger partial charge in [-0.15, -0.1) is 0 Å². The summed E-state index contributed by atoms with van der Waals surface area (Å²) in [5.41, 5.74) is 1.34. The van der Waals surface area contributed by atoms with Crippen molar-refractivity contribution in [3.05, 3.63) is 77.1 Å². The van der Waals surface area contributed by atoms with E-state index in [1.165, 1.54) is 12.1 Å². The SMILES string of the molecule is O=C1N/C(=C/c2c[nH]c3ccccc23)C(=O)N1Cc1c(F)cccc1F. The molecule has 0 unspecified atom stereocenters. The molecule has 2 N–H and O–H groups in total. The summed E-state index contributed by atoms with van der Waals surface area (Å²) in [4.78, 5) is 28.5. The summed E-state index contributed by atoms with van der Waals surface area (Å²) in [6.07, 6.45) is 3.26. The number of halogens is 2. The molecule has 5 nitrogen and oxygen atoms in total. The largest absolute Gasteiger partial charge is 0.361 e. The Hall–Kier alpha value is -3.48. The molecule has 2 aromatic carbocycles. The maximum Gasteiger partial charge on any atom is 0.329 e. The van der Waals surface area contributed by atoms with Gasteiger partial charge in [0.1, 0.15) is 17.3 Å². The fraction of sp³-hybridized carbons (Fsp3) is 0.0526. The number of imide groups is 1. The number of fused-ring (bicyclic) bond motifs is 1. The van der Waals surface area contributed by atoms with Crippen molar-refractivity contribution >= 4 is 28.9 Å². The molecule has 4 rings (SSSR count). The van der Waals surface area contributed by atoms with Crippen molar-refractivity contribution in [3.63, 3.8) is 0 Å². The lowest BCUT2D eigenvalue weighted by Gasteiger charge is -2.13. The van der Waals surface area contributed by atoms with E-state index in [4.69, 9.17) is 0 Å². The van der Waals surface area contributed by atoms with Gasteiger partial charge in [-0.25, -0.2) is 13.6 Å². The van der Waals surface area contributed by atoms with Crippen molar-refractivity contribution in [2.75, 3.05) is 0 Å². The smallest absolute Gasteiger partial charge is 0.329 e. The monoisotopic (exact) mass is 353 g/mol. The molecule has 3 amide bonds. The van der Waals surface area contributed by atoms with E-state index in [-0.39, 0.29) is 11.3 Å². The fourth-order valence-electron chi connectivity index (χ4n) is 2.93. The van der Waals surface area contributed by atoms with Crippen molar-refractivity contribution in [3.8, 4) is 0 Å². The summed E-state index contributed by atoms with van der Waals surface area (Å²) < 4.78 is 27.6.